The molecule has 1 aliphatic carbocycles. The van der Waals surface area contributed by atoms with Gasteiger partial charge in [0, 0.05) is 18.6 Å². The minimum Gasteiger partial charge on any atom is -0.395 e. The Morgan fingerprint density at radius 1 is 1.47 bits per heavy atom. The van der Waals surface area contributed by atoms with Crippen LogP contribution in [0.15, 0.2) is 0 Å². The zero-order valence-electron chi connectivity index (χ0n) is 9.86. The molecular weight excluding hydrogens is 192 g/mol. The number of aliphatic hydroxyl groups excluding tert-OH is 1. The van der Waals surface area contributed by atoms with Crippen LogP contribution in [0.4, 0.5) is 0 Å². The van der Waals surface area contributed by atoms with Crippen molar-refractivity contribution in [2.75, 3.05) is 13.2 Å². The van der Waals surface area contributed by atoms with Crippen LogP contribution in [0.3, 0.4) is 0 Å². The minimum absolute atomic E-state index is 0.0605. The van der Waals surface area contributed by atoms with Crippen molar-refractivity contribution in [3.8, 4) is 0 Å². The van der Waals surface area contributed by atoms with Gasteiger partial charge in [0.05, 0.1) is 12.6 Å². The number of carbonyl (C=O) groups is 1. The molecule has 0 radical (unpaired) electrons. The van der Waals surface area contributed by atoms with E-state index < -0.39 is 0 Å². The number of nitrogens with one attached hydrogen (secondary N) is 1. The fourth-order valence-electron chi connectivity index (χ4n) is 1.77. The Hall–Kier alpha value is -0.610. The van der Waals surface area contributed by atoms with Crippen LogP contribution in [0, 0.1) is 0 Å². The Kier molecular flexibility index (Phi) is 4.54. The Balaban J connectivity index is 2.46. The van der Waals surface area contributed by atoms with Gasteiger partial charge in [-0.2, -0.15) is 0 Å². The van der Waals surface area contributed by atoms with Gasteiger partial charge in [-0.15, -0.1) is 0 Å². The molecule has 0 aromatic rings. The van der Waals surface area contributed by atoms with Crippen molar-refractivity contribution in [3.63, 3.8) is 0 Å². The van der Waals surface area contributed by atoms with E-state index in [1.165, 1.54) is 0 Å². The molecule has 4 nitrogen and oxygen atoms in total. The maximum Gasteiger partial charge on any atom is 0.237 e. The number of aliphatic hydroxyl groups is 1. The molecule has 1 atom stereocenters. The van der Waals surface area contributed by atoms with Gasteiger partial charge in [-0.3, -0.25) is 9.69 Å². The minimum atomic E-state index is -0.132. The van der Waals surface area contributed by atoms with Crippen molar-refractivity contribution in [3.05, 3.63) is 0 Å². The normalized spacial score (nSPS) is 18.3. The summed E-state index contributed by atoms with van der Waals surface area (Å²) in [5.41, 5.74) is 0. The van der Waals surface area contributed by atoms with Crippen LogP contribution >= 0.6 is 0 Å². The number of amides is 1. The highest BCUT2D eigenvalue weighted by Gasteiger charge is 2.34. The molecule has 1 amide bonds. The molecule has 0 aliphatic heterocycles. The quantitative estimate of drug-likeness (QED) is 0.671. The summed E-state index contributed by atoms with van der Waals surface area (Å²) in [6.45, 7) is 6.54. The van der Waals surface area contributed by atoms with Crippen LogP contribution in [0.1, 0.15) is 33.6 Å². The largest absolute Gasteiger partial charge is 0.395 e. The monoisotopic (exact) mass is 214 g/mol. The Labute approximate surface area is 91.6 Å². The second-order valence-corrected chi connectivity index (χ2v) is 4.53. The second-order valence-electron chi connectivity index (χ2n) is 4.53. The van der Waals surface area contributed by atoms with E-state index in [0.717, 1.165) is 12.8 Å². The maximum atomic E-state index is 11.8. The molecule has 0 saturated heterocycles. The lowest BCUT2D eigenvalue weighted by atomic mass is 10.2. The van der Waals surface area contributed by atoms with Crippen LogP contribution in [0.25, 0.3) is 0 Å². The standard InChI is InChI=1S/C11H22N2O2/c1-8(2)12-11(15)9(3)13(6-7-14)10-4-5-10/h8-10,14H,4-7H2,1-3H3,(H,12,15). The molecule has 1 rings (SSSR count). The van der Waals surface area contributed by atoms with Crippen molar-refractivity contribution >= 4 is 5.91 Å². The van der Waals surface area contributed by atoms with Crippen molar-refractivity contribution in [1.29, 1.82) is 0 Å². The highest BCUT2D eigenvalue weighted by molar-refractivity contribution is 5.81. The summed E-state index contributed by atoms with van der Waals surface area (Å²) in [5.74, 6) is 0.0605. The van der Waals surface area contributed by atoms with Crippen LogP contribution in [-0.4, -0.2) is 47.2 Å². The number of nitrogens with zero attached hydrogens (tertiary/aromatic N) is 1. The van der Waals surface area contributed by atoms with E-state index in [4.69, 9.17) is 5.11 Å². The first-order chi connectivity index (χ1) is 7.06. The number of carbonyl (C=O) groups excluding carboxylic acids is 1. The predicted molar refractivity (Wildman–Crippen MR) is 59.6 cm³/mol. The van der Waals surface area contributed by atoms with Gasteiger partial charge in [-0.25, -0.2) is 0 Å². The third-order valence-corrected chi connectivity index (χ3v) is 2.68. The fourth-order valence-corrected chi connectivity index (χ4v) is 1.77. The second kappa shape index (κ2) is 5.47. The lowest BCUT2D eigenvalue weighted by molar-refractivity contribution is -0.126. The first-order valence-corrected chi connectivity index (χ1v) is 5.73. The summed E-state index contributed by atoms with van der Waals surface area (Å²) >= 11 is 0. The molecule has 0 bridgehead atoms. The SMILES string of the molecule is CC(C)NC(=O)C(C)N(CCO)C1CC1. The van der Waals surface area contributed by atoms with E-state index in [2.05, 4.69) is 10.2 Å². The van der Waals surface area contributed by atoms with Crippen molar-refractivity contribution in [1.82, 2.24) is 10.2 Å². The zero-order chi connectivity index (χ0) is 11.4. The van der Waals surface area contributed by atoms with Crippen molar-refractivity contribution in [2.45, 2.75) is 51.7 Å². The van der Waals surface area contributed by atoms with Crippen LogP contribution in [0.2, 0.25) is 0 Å². The summed E-state index contributed by atoms with van der Waals surface area (Å²) in [7, 11) is 0. The average Bonchev–Trinajstić information content (AvgIpc) is 2.95. The van der Waals surface area contributed by atoms with E-state index in [9.17, 15) is 4.79 Å². The first-order valence-electron chi connectivity index (χ1n) is 5.73. The summed E-state index contributed by atoms with van der Waals surface area (Å²) in [6.07, 6.45) is 2.30. The molecule has 88 valence electrons. The van der Waals surface area contributed by atoms with E-state index >= 15 is 0 Å². The molecule has 0 aromatic heterocycles. The zero-order valence-corrected chi connectivity index (χ0v) is 9.86. The molecule has 15 heavy (non-hydrogen) atoms. The lowest BCUT2D eigenvalue weighted by Crippen LogP contribution is -2.48. The van der Waals surface area contributed by atoms with Crippen LogP contribution in [0.5, 0.6) is 0 Å². The average molecular weight is 214 g/mol. The molecule has 1 fully saturated rings. The molecule has 2 N–H and O–H groups in total. The van der Waals surface area contributed by atoms with E-state index in [1.54, 1.807) is 0 Å². The van der Waals surface area contributed by atoms with Crippen molar-refractivity contribution in [2.24, 2.45) is 0 Å². The molecular formula is C11H22N2O2. The summed E-state index contributed by atoms with van der Waals surface area (Å²) in [4.78, 5) is 13.9. The highest BCUT2D eigenvalue weighted by Crippen LogP contribution is 2.28. The first kappa shape index (κ1) is 12.5. The molecule has 0 heterocycles. The van der Waals surface area contributed by atoms with Gasteiger partial charge >= 0.3 is 0 Å². The van der Waals surface area contributed by atoms with E-state index in [1.807, 2.05) is 20.8 Å². The summed E-state index contributed by atoms with van der Waals surface area (Å²) in [5, 5.41) is 11.9. The van der Waals surface area contributed by atoms with Gasteiger partial charge in [0.2, 0.25) is 5.91 Å². The molecule has 0 spiro atoms. The lowest BCUT2D eigenvalue weighted by Gasteiger charge is -2.28. The van der Waals surface area contributed by atoms with Crippen LogP contribution in [-0.2, 0) is 4.79 Å². The van der Waals surface area contributed by atoms with Gasteiger partial charge in [0.25, 0.3) is 0 Å². The fraction of sp³-hybridized carbons (Fsp3) is 0.909. The Morgan fingerprint density at radius 3 is 2.47 bits per heavy atom. The van der Waals surface area contributed by atoms with Crippen LogP contribution < -0.4 is 5.32 Å². The topological polar surface area (TPSA) is 52.6 Å². The van der Waals surface area contributed by atoms with Gasteiger partial charge in [0.15, 0.2) is 0 Å². The Morgan fingerprint density at radius 2 is 2.07 bits per heavy atom. The van der Waals surface area contributed by atoms with Gasteiger partial charge < -0.3 is 10.4 Å². The van der Waals surface area contributed by atoms with Gasteiger partial charge in [-0.05, 0) is 33.6 Å². The van der Waals surface area contributed by atoms with Gasteiger partial charge in [-0.1, -0.05) is 0 Å². The Bertz CT molecular complexity index is 215. The molecule has 4 heteroatoms. The molecule has 1 saturated carbocycles. The molecule has 1 aliphatic rings. The predicted octanol–water partition coefficient (Wildman–Crippen LogP) is 0.356. The highest BCUT2D eigenvalue weighted by atomic mass is 16.3. The van der Waals surface area contributed by atoms with E-state index in [-0.39, 0.29) is 24.6 Å². The number of rotatable bonds is 6. The van der Waals surface area contributed by atoms with Gasteiger partial charge in [0.1, 0.15) is 0 Å². The molecule has 0 aromatic carbocycles. The number of hydrogen-bond acceptors (Lipinski definition) is 3. The smallest absolute Gasteiger partial charge is 0.237 e. The summed E-state index contributed by atoms with van der Waals surface area (Å²) < 4.78 is 0. The van der Waals surface area contributed by atoms with E-state index in [0.29, 0.717) is 12.6 Å². The van der Waals surface area contributed by atoms with Crippen molar-refractivity contribution < 1.29 is 9.90 Å². The maximum absolute atomic E-state index is 11.8. The number of hydrogen-bond donors (Lipinski definition) is 2. The third kappa shape index (κ3) is 3.80. The third-order valence-electron chi connectivity index (χ3n) is 2.68. The molecule has 1 unspecified atom stereocenters. The summed E-state index contributed by atoms with van der Waals surface area (Å²) in [6, 6.07) is 0.548.